The third-order valence-electron chi connectivity index (χ3n) is 0.751. The van der Waals surface area contributed by atoms with Crippen LogP contribution in [0.5, 0.6) is 0 Å². The Balaban J connectivity index is 3.57. The van der Waals surface area contributed by atoms with E-state index >= 15 is 0 Å². The van der Waals surface area contributed by atoms with E-state index < -0.39 is 0 Å². The van der Waals surface area contributed by atoms with Gasteiger partial charge in [-0.25, -0.2) is 0 Å². The lowest BCUT2D eigenvalue weighted by Crippen LogP contribution is -2.01. The molecule has 0 fully saturated rings. The van der Waals surface area contributed by atoms with Gasteiger partial charge >= 0.3 is 5.97 Å². The Morgan fingerprint density at radius 3 is 2.70 bits per heavy atom. The molecule has 0 aromatic carbocycles. The van der Waals surface area contributed by atoms with Crippen molar-refractivity contribution in [3.8, 4) is 11.8 Å². The third kappa shape index (κ3) is 4.92. The average Bonchev–Trinajstić information content (AvgIpc) is 1.85. The smallest absolute Gasteiger partial charge is 0.302 e. The monoisotopic (exact) mass is 138 g/mol. The maximum Gasteiger partial charge on any atom is 0.302 e. The number of esters is 1. The first-order chi connectivity index (χ1) is 4.66. The molecule has 0 bridgehead atoms. The first-order valence-electron chi connectivity index (χ1n) is 2.90. The van der Waals surface area contributed by atoms with E-state index in [1.807, 2.05) is 0 Å². The van der Waals surface area contributed by atoms with Crippen molar-refractivity contribution in [1.29, 1.82) is 0 Å². The second-order valence-electron chi connectivity index (χ2n) is 1.76. The van der Waals surface area contributed by atoms with E-state index in [1.165, 1.54) is 6.92 Å². The largest absolute Gasteiger partial charge is 0.460 e. The van der Waals surface area contributed by atoms with E-state index in [1.54, 1.807) is 6.92 Å². The van der Waals surface area contributed by atoms with Crippen molar-refractivity contribution < 1.29 is 9.53 Å². The molecule has 0 rings (SSSR count). The van der Waals surface area contributed by atoms with Crippen LogP contribution in [0.15, 0.2) is 12.2 Å². The van der Waals surface area contributed by atoms with Crippen molar-refractivity contribution in [2.75, 3.05) is 6.61 Å². The van der Waals surface area contributed by atoms with Gasteiger partial charge in [-0.2, -0.15) is 0 Å². The maximum absolute atomic E-state index is 10.2. The highest BCUT2D eigenvalue weighted by Crippen LogP contribution is 1.88. The number of hydrogen-bond acceptors (Lipinski definition) is 2. The molecule has 0 atom stereocenters. The van der Waals surface area contributed by atoms with Gasteiger partial charge in [0.1, 0.15) is 6.61 Å². The van der Waals surface area contributed by atoms with Crippen LogP contribution in [0.25, 0.3) is 0 Å². The Hall–Kier alpha value is -1.23. The van der Waals surface area contributed by atoms with E-state index in [9.17, 15) is 4.79 Å². The molecule has 0 aliphatic carbocycles. The first-order valence-corrected chi connectivity index (χ1v) is 2.90. The molecule has 2 nitrogen and oxygen atoms in total. The number of carbonyl (C=O) groups excluding carboxylic acids is 1. The lowest BCUT2D eigenvalue weighted by molar-refractivity contribution is -0.139. The van der Waals surface area contributed by atoms with Gasteiger partial charge in [0.05, 0.1) is 0 Å². The summed E-state index contributed by atoms with van der Waals surface area (Å²) in [4.78, 5) is 10.2. The van der Waals surface area contributed by atoms with Crippen LogP contribution in [0.2, 0.25) is 0 Å². The van der Waals surface area contributed by atoms with E-state index in [-0.39, 0.29) is 12.6 Å². The Labute approximate surface area is 60.9 Å². The van der Waals surface area contributed by atoms with Crippen LogP contribution in [0.1, 0.15) is 13.8 Å². The molecule has 0 aliphatic heterocycles. The fourth-order valence-electron chi connectivity index (χ4n) is 0.402. The van der Waals surface area contributed by atoms with Gasteiger partial charge in [-0.05, 0) is 6.92 Å². The summed E-state index contributed by atoms with van der Waals surface area (Å²) in [5.74, 6) is 5.02. The van der Waals surface area contributed by atoms with Gasteiger partial charge in [0.15, 0.2) is 0 Å². The second kappa shape index (κ2) is 4.63. The zero-order chi connectivity index (χ0) is 7.98. The fourth-order valence-corrected chi connectivity index (χ4v) is 0.402. The standard InChI is InChI=1S/C8H10O2/c1-4-5-7(2)6-10-8(3)9/h2,6H2,1,3H3. The van der Waals surface area contributed by atoms with Gasteiger partial charge < -0.3 is 4.74 Å². The summed E-state index contributed by atoms with van der Waals surface area (Å²) in [7, 11) is 0. The van der Waals surface area contributed by atoms with Gasteiger partial charge in [0.25, 0.3) is 0 Å². The third-order valence-corrected chi connectivity index (χ3v) is 0.751. The molecule has 0 unspecified atom stereocenters. The Bertz CT molecular complexity index is 193. The number of carbonyl (C=O) groups is 1. The minimum Gasteiger partial charge on any atom is -0.460 e. The molecule has 0 saturated heterocycles. The highest BCUT2D eigenvalue weighted by atomic mass is 16.5. The van der Waals surface area contributed by atoms with E-state index in [2.05, 4.69) is 23.2 Å². The number of rotatable bonds is 2. The summed E-state index contributed by atoms with van der Waals surface area (Å²) in [5, 5.41) is 0. The SMILES string of the molecule is C=C(C#CC)COC(C)=O. The minimum absolute atomic E-state index is 0.205. The highest BCUT2D eigenvalue weighted by Gasteiger charge is 1.92. The fraction of sp³-hybridized carbons (Fsp3) is 0.375. The molecule has 0 aliphatic rings. The van der Waals surface area contributed by atoms with Gasteiger partial charge in [-0.1, -0.05) is 12.5 Å². The summed E-state index contributed by atoms with van der Waals surface area (Å²) in [6, 6.07) is 0. The number of ether oxygens (including phenoxy) is 1. The van der Waals surface area contributed by atoms with Crippen LogP contribution in [-0.4, -0.2) is 12.6 Å². The predicted molar refractivity (Wildman–Crippen MR) is 39.2 cm³/mol. The molecule has 2 heteroatoms. The van der Waals surface area contributed by atoms with Crippen molar-refractivity contribution in [1.82, 2.24) is 0 Å². The van der Waals surface area contributed by atoms with E-state index in [0.717, 1.165) is 0 Å². The molecular weight excluding hydrogens is 128 g/mol. The summed E-state index contributed by atoms with van der Waals surface area (Å²) >= 11 is 0. The van der Waals surface area contributed by atoms with Crippen molar-refractivity contribution in [2.45, 2.75) is 13.8 Å². The molecule has 10 heavy (non-hydrogen) atoms. The molecule has 0 amide bonds. The van der Waals surface area contributed by atoms with Gasteiger partial charge in [0, 0.05) is 12.5 Å². The summed E-state index contributed by atoms with van der Waals surface area (Å²) < 4.78 is 4.62. The maximum atomic E-state index is 10.2. The molecule has 0 aromatic rings. The van der Waals surface area contributed by atoms with E-state index in [4.69, 9.17) is 0 Å². The molecule has 0 aromatic heterocycles. The van der Waals surface area contributed by atoms with Crippen LogP contribution < -0.4 is 0 Å². The van der Waals surface area contributed by atoms with Gasteiger partial charge in [-0.15, -0.1) is 5.92 Å². The van der Waals surface area contributed by atoms with Crippen LogP contribution in [0, 0.1) is 11.8 Å². The Morgan fingerprint density at radius 2 is 2.30 bits per heavy atom. The molecule has 0 N–H and O–H groups in total. The van der Waals surface area contributed by atoms with Crippen molar-refractivity contribution in [3.05, 3.63) is 12.2 Å². The van der Waals surface area contributed by atoms with Crippen LogP contribution in [0.3, 0.4) is 0 Å². The zero-order valence-electron chi connectivity index (χ0n) is 6.23. The van der Waals surface area contributed by atoms with Gasteiger partial charge in [0.2, 0.25) is 0 Å². The lowest BCUT2D eigenvalue weighted by Gasteiger charge is -1.97. The van der Waals surface area contributed by atoms with Crippen molar-refractivity contribution >= 4 is 5.97 Å². The molecule has 54 valence electrons. The molecule has 0 heterocycles. The highest BCUT2D eigenvalue weighted by molar-refractivity contribution is 5.66. The lowest BCUT2D eigenvalue weighted by atomic mass is 10.3. The van der Waals surface area contributed by atoms with Crippen LogP contribution >= 0.6 is 0 Å². The summed E-state index contributed by atoms with van der Waals surface area (Å²) in [6.07, 6.45) is 0. The quantitative estimate of drug-likeness (QED) is 0.422. The molecule has 0 radical (unpaired) electrons. The van der Waals surface area contributed by atoms with Crippen molar-refractivity contribution in [2.24, 2.45) is 0 Å². The zero-order valence-corrected chi connectivity index (χ0v) is 6.23. The second-order valence-corrected chi connectivity index (χ2v) is 1.76. The first kappa shape index (κ1) is 8.77. The summed E-state index contributed by atoms with van der Waals surface area (Å²) in [6.45, 7) is 6.83. The normalized spacial score (nSPS) is 7.40. The topological polar surface area (TPSA) is 26.3 Å². The molecular formula is C8H10O2. The molecule has 0 saturated carbocycles. The number of hydrogen-bond donors (Lipinski definition) is 0. The van der Waals surface area contributed by atoms with Gasteiger partial charge in [-0.3, -0.25) is 4.79 Å². The minimum atomic E-state index is -0.306. The Kier molecular flexibility index (Phi) is 4.06. The van der Waals surface area contributed by atoms with E-state index in [0.29, 0.717) is 5.57 Å². The summed E-state index contributed by atoms with van der Waals surface area (Å²) in [5.41, 5.74) is 0.623. The predicted octanol–water partition coefficient (Wildman–Crippen LogP) is 1.13. The Morgan fingerprint density at radius 1 is 1.70 bits per heavy atom. The van der Waals surface area contributed by atoms with Crippen molar-refractivity contribution in [3.63, 3.8) is 0 Å². The van der Waals surface area contributed by atoms with Crippen LogP contribution in [0.4, 0.5) is 0 Å². The molecule has 0 spiro atoms. The van der Waals surface area contributed by atoms with Crippen LogP contribution in [-0.2, 0) is 9.53 Å². The average molecular weight is 138 g/mol.